The van der Waals surface area contributed by atoms with Crippen molar-refractivity contribution in [2.75, 3.05) is 10.0 Å². The summed E-state index contributed by atoms with van der Waals surface area (Å²) in [6.07, 6.45) is 0. The zero-order valence-electron chi connectivity index (χ0n) is 14.8. The average Bonchev–Trinajstić information content (AvgIpc) is 2.96. The number of sulfonamides is 1. The highest BCUT2D eigenvalue weighted by molar-refractivity contribution is 7.94. The van der Waals surface area contributed by atoms with E-state index >= 15 is 0 Å². The van der Waals surface area contributed by atoms with E-state index in [1.807, 2.05) is 12.1 Å². The van der Waals surface area contributed by atoms with Gasteiger partial charge in [0.2, 0.25) is 11.0 Å². The van der Waals surface area contributed by atoms with Gasteiger partial charge in [0.15, 0.2) is 0 Å². The minimum absolute atomic E-state index is 0.149. The lowest BCUT2D eigenvalue weighted by Gasteiger charge is -2.15. The molecule has 136 valence electrons. The van der Waals surface area contributed by atoms with Crippen molar-refractivity contribution in [3.63, 3.8) is 0 Å². The second-order valence-corrected chi connectivity index (χ2v) is 9.79. The number of hydrogen-bond acceptors (Lipinski definition) is 6. The molecule has 9 heteroatoms. The molecule has 0 aliphatic heterocycles. The fourth-order valence-corrected chi connectivity index (χ4v) is 3.74. The van der Waals surface area contributed by atoms with E-state index in [9.17, 15) is 13.2 Å². The van der Waals surface area contributed by atoms with Gasteiger partial charge in [-0.25, -0.2) is 0 Å². The number of aromatic nitrogens is 2. The molecule has 0 fully saturated rings. The van der Waals surface area contributed by atoms with Crippen LogP contribution in [0.5, 0.6) is 0 Å². The van der Waals surface area contributed by atoms with Gasteiger partial charge in [-0.1, -0.05) is 58.1 Å². The maximum atomic E-state index is 12.4. The zero-order chi connectivity index (χ0) is 18.8. The molecule has 0 bridgehead atoms. The summed E-state index contributed by atoms with van der Waals surface area (Å²) >= 11 is 0.807. The first-order chi connectivity index (χ1) is 11.5. The number of nitrogens with one attached hydrogen (secondary N) is 2. The number of anilines is 2. The topological polar surface area (TPSA) is 101 Å². The number of nitrogens with zero attached hydrogens (tertiary/aromatic N) is 2. The van der Waals surface area contributed by atoms with E-state index in [-0.39, 0.29) is 15.4 Å². The molecule has 0 saturated carbocycles. The second kappa shape index (κ2) is 7.09. The van der Waals surface area contributed by atoms with Crippen LogP contribution in [0, 0.1) is 5.41 Å². The Bertz CT molecular complexity index is 850. The number of rotatable bonds is 5. The third-order valence-electron chi connectivity index (χ3n) is 3.37. The smallest absolute Gasteiger partial charge is 0.291 e. The molecule has 2 rings (SSSR count). The fourth-order valence-electron chi connectivity index (χ4n) is 1.79. The standard InChI is InChI=1S/C16H22N4O3S2/c1-10(2)11-6-8-12(9-7-11)20-25(22,23)15-19-18-14(24-15)17-13(21)16(3,4)5/h6-10,20H,1-5H3,(H,17,18,21). The van der Waals surface area contributed by atoms with Gasteiger partial charge in [0.05, 0.1) is 0 Å². The molecular formula is C16H22N4O3S2. The minimum Gasteiger partial charge on any atom is -0.300 e. The van der Waals surface area contributed by atoms with Crippen LogP contribution in [-0.2, 0) is 14.8 Å². The minimum atomic E-state index is -3.85. The predicted octanol–water partition coefficient (Wildman–Crippen LogP) is 3.45. The van der Waals surface area contributed by atoms with Gasteiger partial charge < -0.3 is 5.32 Å². The second-order valence-electron chi connectivity index (χ2n) is 6.96. The number of amides is 1. The molecule has 0 atom stereocenters. The van der Waals surface area contributed by atoms with Crippen molar-refractivity contribution in [1.29, 1.82) is 0 Å². The highest BCUT2D eigenvalue weighted by Gasteiger charge is 2.25. The van der Waals surface area contributed by atoms with Crippen LogP contribution in [0.2, 0.25) is 0 Å². The molecule has 1 aromatic heterocycles. The molecule has 0 spiro atoms. The predicted molar refractivity (Wildman–Crippen MR) is 99.3 cm³/mol. The molecule has 1 amide bonds. The lowest BCUT2D eigenvalue weighted by atomic mass is 9.96. The third kappa shape index (κ3) is 4.99. The molecule has 0 aliphatic carbocycles. The fraction of sp³-hybridized carbons (Fsp3) is 0.438. The number of carbonyl (C=O) groups excluding carboxylic acids is 1. The van der Waals surface area contributed by atoms with Crippen molar-refractivity contribution in [3.8, 4) is 0 Å². The van der Waals surface area contributed by atoms with E-state index in [1.54, 1.807) is 32.9 Å². The van der Waals surface area contributed by atoms with Crippen molar-refractivity contribution in [1.82, 2.24) is 10.2 Å². The highest BCUT2D eigenvalue weighted by Crippen LogP contribution is 2.25. The molecule has 7 nitrogen and oxygen atoms in total. The maximum absolute atomic E-state index is 12.4. The largest absolute Gasteiger partial charge is 0.300 e. The number of benzene rings is 1. The van der Waals surface area contributed by atoms with E-state index < -0.39 is 15.4 Å². The van der Waals surface area contributed by atoms with Gasteiger partial charge in [-0.3, -0.25) is 9.52 Å². The van der Waals surface area contributed by atoms with E-state index in [0.29, 0.717) is 11.6 Å². The van der Waals surface area contributed by atoms with Gasteiger partial charge in [0, 0.05) is 11.1 Å². The summed E-state index contributed by atoms with van der Waals surface area (Å²) in [6.45, 7) is 9.39. The van der Waals surface area contributed by atoms with E-state index in [2.05, 4.69) is 34.1 Å². The average molecular weight is 383 g/mol. The Hall–Kier alpha value is -2.00. The molecule has 2 aromatic rings. The summed E-state index contributed by atoms with van der Waals surface area (Å²) in [6, 6.07) is 7.15. The Labute approximate surface area is 151 Å². The molecule has 0 aliphatic rings. The molecular weight excluding hydrogens is 360 g/mol. The first kappa shape index (κ1) is 19.3. The van der Waals surface area contributed by atoms with Gasteiger partial charge in [0.1, 0.15) is 0 Å². The quantitative estimate of drug-likeness (QED) is 0.771. The summed E-state index contributed by atoms with van der Waals surface area (Å²) in [5, 5.41) is 10.1. The van der Waals surface area contributed by atoms with Crippen LogP contribution < -0.4 is 10.0 Å². The number of hydrogen-bond donors (Lipinski definition) is 2. The lowest BCUT2D eigenvalue weighted by Crippen LogP contribution is -2.27. The Morgan fingerprint density at radius 3 is 2.24 bits per heavy atom. The monoisotopic (exact) mass is 382 g/mol. The van der Waals surface area contributed by atoms with Crippen LogP contribution in [0.1, 0.15) is 46.1 Å². The van der Waals surface area contributed by atoms with Crippen LogP contribution >= 0.6 is 11.3 Å². The first-order valence-corrected chi connectivity index (χ1v) is 10.1. The third-order valence-corrected chi connectivity index (χ3v) is 5.95. The van der Waals surface area contributed by atoms with Gasteiger partial charge in [-0.15, -0.1) is 10.2 Å². The van der Waals surface area contributed by atoms with Gasteiger partial charge in [0.25, 0.3) is 14.4 Å². The summed E-state index contributed by atoms with van der Waals surface area (Å²) in [7, 11) is -3.85. The Balaban J connectivity index is 2.13. The SMILES string of the molecule is CC(C)c1ccc(NS(=O)(=O)c2nnc(NC(=O)C(C)(C)C)s2)cc1. The van der Waals surface area contributed by atoms with E-state index in [4.69, 9.17) is 0 Å². The van der Waals surface area contributed by atoms with Crippen molar-refractivity contribution >= 4 is 38.1 Å². The van der Waals surface area contributed by atoms with Crippen molar-refractivity contribution < 1.29 is 13.2 Å². The maximum Gasteiger partial charge on any atom is 0.291 e. The molecule has 2 N–H and O–H groups in total. The van der Waals surface area contributed by atoms with E-state index in [1.165, 1.54) is 0 Å². The van der Waals surface area contributed by atoms with Crippen molar-refractivity contribution in [2.45, 2.75) is 44.9 Å². The van der Waals surface area contributed by atoms with Crippen LogP contribution in [-0.4, -0.2) is 24.5 Å². The Morgan fingerprint density at radius 2 is 1.72 bits per heavy atom. The molecule has 0 saturated heterocycles. The lowest BCUT2D eigenvalue weighted by molar-refractivity contribution is -0.123. The molecule has 0 unspecified atom stereocenters. The van der Waals surface area contributed by atoms with Crippen molar-refractivity contribution in [2.24, 2.45) is 5.41 Å². The molecule has 25 heavy (non-hydrogen) atoms. The molecule has 1 aromatic carbocycles. The normalized spacial score (nSPS) is 12.2. The molecule has 1 heterocycles. The van der Waals surface area contributed by atoms with Crippen molar-refractivity contribution in [3.05, 3.63) is 29.8 Å². The van der Waals surface area contributed by atoms with Crippen LogP contribution in [0.4, 0.5) is 10.8 Å². The van der Waals surface area contributed by atoms with Gasteiger partial charge in [-0.2, -0.15) is 8.42 Å². The van der Waals surface area contributed by atoms with Crippen LogP contribution in [0.3, 0.4) is 0 Å². The Kier molecular flexibility index (Phi) is 5.48. The summed E-state index contributed by atoms with van der Waals surface area (Å²) in [5.74, 6) is 0.104. The van der Waals surface area contributed by atoms with Crippen LogP contribution in [0.25, 0.3) is 0 Å². The first-order valence-electron chi connectivity index (χ1n) is 7.77. The summed E-state index contributed by atoms with van der Waals surface area (Å²) < 4.78 is 27.1. The van der Waals surface area contributed by atoms with Gasteiger partial charge >= 0.3 is 0 Å². The van der Waals surface area contributed by atoms with Gasteiger partial charge in [-0.05, 0) is 23.6 Å². The highest BCUT2D eigenvalue weighted by atomic mass is 32.2. The van der Waals surface area contributed by atoms with E-state index in [0.717, 1.165) is 16.9 Å². The number of carbonyl (C=O) groups is 1. The zero-order valence-corrected chi connectivity index (χ0v) is 16.5. The summed E-state index contributed by atoms with van der Waals surface area (Å²) in [4.78, 5) is 11.9. The van der Waals surface area contributed by atoms with Crippen LogP contribution in [0.15, 0.2) is 28.6 Å². The molecule has 0 radical (unpaired) electrons. The Morgan fingerprint density at radius 1 is 1.12 bits per heavy atom. The summed E-state index contributed by atoms with van der Waals surface area (Å²) in [5.41, 5.74) is 0.951.